The Morgan fingerprint density at radius 1 is 1.33 bits per heavy atom. The second-order valence-electron chi connectivity index (χ2n) is 5.00. The summed E-state index contributed by atoms with van der Waals surface area (Å²) < 4.78 is 5.26. The van der Waals surface area contributed by atoms with Crippen molar-refractivity contribution in [2.24, 2.45) is 0 Å². The van der Waals surface area contributed by atoms with E-state index in [1.165, 1.54) is 4.88 Å². The molecule has 0 saturated heterocycles. The Labute approximate surface area is 129 Å². The SMILES string of the molecule is COc1ccc(N)cc1C(=O)N(C)C(C)c1ccc(C)s1. The summed E-state index contributed by atoms with van der Waals surface area (Å²) in [5.74, 6) is 0.438. The molecule has 21 heavy (non-hydrogen) atoms. The van der Waals surface area contributed by atoms with E-state index in [1.807, 2.05) is 6.92 Å². The average molecular weight is 304 g/mol. The quantitative estimate of drug-likeness (QED) is 0.880. The van der Waals surface area contributed by atoms with E-state index in [1.54, 1.807) is 48.6 Å². The van der Waals surface area contributed by atoms with Gasteiger partial charge in [-0.15, -0.1) is 11.3 Å². The Balaban J connectivity index is 2.29. The highest BCUT2D eigenvalue weighted by Gasteiger charge is 2.22. The van der Waals surface area contributed by atoms with E-state index in [9.17, 15) is 4.79 Å². The van der Waals surface area contributed by atoms with Gasteiger partial charge in [-0.1, -0.05) is 0 Å². The number of ether oxygens (including phenoxy) is 1. The number of benzene rings is 1. The first-order valence-corrected chi connectivity index (χ1v) is 7.52. The monoisotopic (exact) mass is 304 g/mol. The molecule has 2 aromatic rings. The Morgan fingerprint density at radius 2 is 2.05 bits per heavy atom. The van der Waals surface area contributed by atoms with Crippen LogP contribution in [0.4, 0.5) is 5.69 Å². The van der Waals surface area contributed by atoms with E-state index < -0.39 is 0 Å². The minimum atomic E-state index is -0.0993. The average Bonchev–Trinajstić information content (AvgIpc) is 2.91. The zero-order valence-electron chi connectivity index (χ0n) is 12.7. The van der Waals surface area contributed by atoms with Gasteiger partial charge in [0.2, 0.25) is 0 Å². The number of hydrogen-bond acceptors (Lipinski definition) is 4. The summed E-state index contributed by atoms with van der Waals surface area (Å²) in [4.78, 5) is 16.8. The molecule has 4 nitrogen and oxygen atoms in total. The summed E-state index contributed by atoms with van der Waals surface area (Å²) >= 11 is 1.70. The molecule has 1 heterocycles. The molecule has 1 aromatic carbocycles. The molecule has 2 N–H and O–H groups in total. The molecule has 5 heteroatoms. The minimum Gasteiger partial charge on any atom is -0.496 e. The number of nitrogens with two attached hydrogens (primary N) is 1. The fourth-order valence-corrected chi connectivity index (χ4v) is 3.10. The summed E-state index contributed by atoms with van der Waals surface area (Å²) in [7, 11) is 3.35. The fourth-order valence-electron chi connectivity index (χ4n) is 2.13. The van der Waals surface area contributed by atoms with Crippen LogP contribution in [0.1, 0.15) is 33.1 Å². The minimum absolute atomic E-state index is 0.00216. The molecule has 2 rings (SSSR count). The molecule has 1 amide bonds. The Morgan fingerprint density at radius 3 is 2.62 bits per heavy atom. The summed E-state index contributed by atoms with van der Waals surface area (Å²) in [6.45, 7) is 4.07. The van der Waals surface area contributed by atoms with Crippen molar-refractivity contribution in [1.82, 2.24) is 4.90 Å². The number of carbonyl (C=O) groups is 1. The molecule has 0 aliphatic carbocycles. The second kappa shape index (κ2) is 6.18. The highest BCUT2D eigenvalue weighted by molar-refractivity contribution is 7.12. The summed E-state index contributed by atoms with van der Waals surface area (Å²) in [6, 6.07) is 9.23. The standard InChI is InChI=1S/C16H20N2O2S/c1-10-5-8-15(21-10)11(2)18(3)16(19)13-9-12(17)6-7-14(13)20-4/h5-9,11H,17H2,1-4H3. The van der Waals surface area contributed by atoms with E-state index in [2.05, 4.69) is 19.1 Å². The fraction of sp³-hybridized carbons (Fsp3) is 0.312. The predicted octanol–water partition coefficient (Wildman–Crippen LogP) is 3.48. The van der Waals surface area contributed by atoms with E-state index in [0.29, 0.717) is 17.0 Å². The lowest BCUT2D eigenvalue weighted by Gasteiger charge is -2.25. The molecule has 0 bridgehead atoms. The van der Waals surface area contributed by atoms with Crippen molar-refractivity contribution in [3.8, 4) is 5.75 Å². The molecule has 0 saturated carbocycles. The van der Waals surface area contributed by atoms with Crippen molar-refractivity contribution in [3.05, 3.63) is 45.6 Å². The van der Waals surface area contributed by atoms with Crippen LogP contribution in [0.3, 0.4) is 0 Å². The largest absolute Gasteiger partial charge is 0.496 e. The normalized spacial score (nSPS) is 12.0. The number of rotatable bonds is 4. The summed E-state index contributed by atoms with van der Waals surface area (Å²) in [5, 5.41) is 0. The number of hydrogen-bond donors (Lipinski definition) is 1. The first-order chi connectivity index (χ1) is 9.93. The lowest BCUT2D eigenvalue weighted by atomic mass is 10.1. The van der Waals surface area contributed by atoms with Crippen LogP contribution in [0.2, 0.25) is 0 Å². The molecular formula is C16H20N2O2S. The number of carbonyl (C=O) groups excluding carboxylic acids is 1. The van der Waals surface area contributed by atoms with E-state index in [0.717, 1.165) is 4.88 Å². The third-order valence-electron chi connectivity index (χ3n) is 3.53. The number of thiophene rings is 1. The van der Waals surface area contributed by atoms with Gasteiger partial charge in [0.15, 0.2) is 0 Å². The topological polar surface area (TPSA) is 55.6 Å². The van der Waals surface area contributed by atoms with Crippen LogP contribution in [0, 0.1) is 6.92 Å². The van der Waals surface area contributed by atoms with Gasteiger partial charge >= 0.3 is 0 Å². The van der Waals surface area contributed by atoms with Crippen molar-refractivity contribution in [3.63, 3.8) is 0 Å². The van der Waals surface area contributed by atoms with Gasteiger partial charge in [0.1, 0.15) is 5.75 Å². The molecule has 1 aromatic heterocycles. The van der Waals surface area contributed by atoms with Gasteiger partial charge in [-0.2, -0.15) is 0 Å². The van der Waals surface area contributed by atoms with Gasteiger partial charge in [-0.3, -0.25) is 4.79 Å². The Kier molecular flexibility index (Phi) is 4.53. The van der Waals surface area contributed by atoms with Crippen molar-refractivity contribution >= 4 is 22.9 Å². The molecule has 1 unspecified atom stereocenters. The highest BCUT2D eigenvalue weighted by atomic mass is 32.1. The van der Waals surface area contributed by atoms with Gasteiger partial charge in [0.05, 0.1) is 18.7 Å². The van der Waals surface area contributed by atoms with Crippen molar-refractivity contribution in [1.29, 1.82) is 0 Å². The van der Waals surface area contributed by atoms with E-state index in [4.69, 9.17) is 10.5 Å². The number of amides is 1. The number of anilines is 1. The Bertz CT molecular complexity index is 651. The molecular weight excluding hydrogens is 284 g/mol. The lowest BCUT2D eigenvalue weighted by molar-refractivity contribution is 0.0741. The van der Waals surface area contributed by atoms with Crippen LogP contribution < -0.4 is 10.5 Å². The first-order valence-electron chi connectivity index (χ1n) is 6.71. The third-order valence-corrected chi connectivity index (χ3v) is 4.70. The van der Waals surface area contributed by atoms with Gasteiger partial charge in [-0.05, 0) is 44.2 Å². The van der Waals surface area contributed by atoms with Gasteiger partial charge in [0, 0.05) is 22.5 Å². The van der Waals surface area contributed by atoms with Crippen molar-refractivity contribution in [2.75, 3.05) is 19.9 Å². The van der Waals surface area contributed by atoms with E-state index in [-0.39, 0.29) is 11.9 Å². The second-order valence-corrected chi connectivity index (χ2v) is 6.32. The smallest absolute Gasteiger partial charge is 0.257 e. The summed E-state index contributed by atoms with van der Waals surface area (Å²) in [5.41, 5.74) is 6.82. The van der Waals surface area contributed by atoms with Gasteiger partial charge < -0.3 is 15.4 Å². The van der Waals surface area contributed by atoms with Crippen LogP contribution in [0.15, 0.2) is 30.3 Å². The van der Waals surface area contributed by atoms with Crippen LogP contribution in [-0.4, -0.2) is 25.0 Å². The number of nitrogen functional groups attached to an aromatic ring is 1. The van der Waals surface area contributed by atoms with Crippen LogP contribution >= 0.6 is 11.3 Å². The zero-order chi connectivity index (χ0) is 15.6. The Hall–Kier alpha value is -2.01. The molecule has 0 aliphatic rings. The lowest BCUT2D eigenvalue weighted by Crippen LogP contribution is -2.29. The molecule has 0 aliphatic heterocycles. The molecule has 0 fully saturated rings. The molecule has 0 spiro atoms. The number of aryl methyl sites for hydroxylation is 1. The maximum Gasteiger partial charge on any atom is 0.257 e. The van der Waals surface area contributed by atoms with Crippen LogP contribution in [0.5, 0.6) is 5.75 Å². The summed E-state index contributed by atoms with van der Waals surface area (Å²) in [6.07, 6.45) is 0. The van der Waals surface area contributed by atoms with Crippen molar-refractivity contribution < 1.29 is 9.53 Å². The van der Waals surface area contributed by atoms with Crippen LogP contribution in [0.25, 0.3) is 0 Å². The maximum absolute atomic E-state index is 12.7. The molecule has 112 valence electrons. The predicted molar refractivity (Wildman–Crippen MR) is 87.0 cm³/mol. The van der Waals surface area contributed by atoms with Gasteiger partial charge in [-0.25, -0.2) is 0 Å². The number of methoxy groups -OCH3 is 1. The number of nitrogens with zero attached hydrogens (tertiary/aromatic N) is 1. The van der Waals surface area contributed by atoms with Crippen LogP contribution in [-0.2, 0) is 0 Å². The molecule has 0 radical (unpaired) electrons. The van der Waals surface area contributed by atoms with Gasteiger partial charge in [0.25, 0.3) is 5.91 Å². The van der Waals surface area contributed by atoms with E-state index >= 15 is 0 Å². The zero-order valence-corrected chi connectivity index (χ0v) is 13.5. The first kappa shape index (κ1) is 15.4. The molecule has 1 atom stereocenters. The third kappa shape index (κ3) is 3.19. The highest BCUT2D eigenvalue weighted by Crippen LogP contribution is 2.29. The van der Waals surface area contributed by atoms with Crippen molar-refractivity contribution in [2.45, 2.75) is 19.9 Å². The maximum atomic E-state index is 12.7.